The van der Waals surface area contributed by atoms with Crippen LogP contribution < -0.4 is 10.2 Å². The summed E-state index contributed by atoms with van der Waals surface area (Å²) in [6, 6.07) is 2.65. The molecule has 1 N–H and O–H groups in total. The van der Waals surface area contributed by atoms with Crippen LogP contribution in [0, 0.1) is 5.82 Å². The van der Waals surface area contributed by atoms with Crippen molar-refractivity contribution >= 4 is 22.5 Å². The van der Waals surface area contributed by atoms with Crippen LogP contribution in [0.2, 0.25) is 5.02 Å². The van der Waals surface area contributed by atoms with Crippen LogP contribution in [0.3, 0.4) is 0 Å². The van der Waals surface area contributed by atoms with E-state index in [0.29, 0.717) is 0 Å². The molecule has 1 aromatic carbocycles. The standard InChI is InChI=1S/C10H7ClFNO2/c1-15-5-2-6-9(8(12)3-5)13-4-7(11)10(6)14/h2-4H,1H3,(H,13,14). The molecular formula is C10H7ClFNO2. The van der Waals surface area contributed by atoms with Gasteiger partial charge in [0.15, 0.2) is 5.82 Å². The van der Waals surface area contributed by atoms with Crippen molar-refractivity contribution in [3.8, 4) is 5.75 Å². The number of nitrogens with one attached hydrogen (secondary N) is 1. The third-order valence-electron chi connectivity index (χ3n) is 2.10. The first-order valence-electron chi connectivity index (χ1n) is 4.18. The van der Waals surface area contributed by atoms with Gasteiger partial charge >= 0.3 is 0 Å². The van der Waals surface area contributed by atoms with Gasteiger partial charge in [0, 0.05) is 12.3 Å². The molecule has 0 aliphatic carbocycles. The van der Waals surface area contributed by atoms with E-state index in [9.17, 15) is 9.18 Å². The third kappa shape index (κ3) is 1.57. The summed E-state index contributed by atoms with van der Waals surface area (Å²) >= 11 is 5.63. The van der Waals surface area contributed by atoms with E-state index in [1.54, 1.807) is 0 Å². The summed E-state index contributed by atoms with van der Waals surface area (Å²) < 4.78 is 18.3. The Balaban J connectivity index is 2.93. The smallest absolute Gasteiger partial charge is 0.208 e. The SMILES string of the molecule is COc1cc(F)c2[nH]cc(Cl)c(=O)c2c1. The van der Waals surface area contributed by atoms with Crippen molar-refractivity contribution in [3.63, 3.8) is 0 Å². The lowest BCUT2D eigenvalue weighted by molar-refractivity contribution is 0.412. The summed E-state index contributed by atoms with van der Waals surface area (Å²) in [5.41, 5.74) is -0.284. The van der Waals surface area contributed by atoms with E-state index in [1.807, 2.05) is 0 Å². The van der Waals surface area contributed by atoms with Crippen molar-refractivity contribution in [1.29, 1.82) is 0 Å². The lowest BCUT2D eigenvalue weighted by Gasteiger charge is -2.03. The van der Waals surface area contributed by atoms with Crippen molar-refractivity contribution in [1.82, 2.24) is 4.98 Å². The van der Waals surface area contributed by atoms with Crippen LogP contribution >= 0.6 is 11.6 Å². The van der Waals surface area contributed by atoms with Crippen LogP contribution in [0.1, 0.15) is 0 Å². The molecule has 0 amide bonds. The van der Waals surface area contributed by atoms with Gasteiger partial charge in [0.25, 0.3) is 0 Å². The topological polar surface area (TPSA) is 42.1 Å². The largest absolute Gasteiger partial charge is 0.497 e. The first kappa shape index (κ1) is 9.98. The van der Waals surface area contributed by atoms with Crippen LogP contribution in [0.4, 0.5) is 4.39 Å². The number of hydrogen-bond donors (Lipinski definition) is 1. The molecule has 78 valence electrons. The Hall–Kier alpha value is -1.55. The minimum Gasteiger partial charge on any atom is -0.497 e. The molecule has 0 aliphatic heterocycles. The van der Waals surface area contributed by atoms with Crippen LogP contribution in [0.15, 0.2) is 23.1 Å². The molecule has 2 rings (SSSR count). The first-order valence-corrected chi connectivity index (χ1v) is 4.55. The molecule has 15 heavy (non-hydrogen) atoms. The van der Waals surface area contributed by atoms with Gasteiger partial charge in [0.05, 0.1) is 18.0 Å². The van der Waals surface area contributed by atoms with Crippen LogP contribution in [-0.4, -0.2) is 12.1 Å². The number of fused-ring (bicyclic) bond motifs is 1. The average molecular weight is 228 g/mol. The van der Waals surface area contributed by atoms with E-state index < -0.39 is 11.2 Å². The summed E-state index contributed by atoms with van der Waals surface area (Å²) in [6.45, 7) is 0. The molecule has 0 spiro atoms. The number of methoxy groups -OCH3 is 1. The van der Waals surface area contributed by atoms with Gasteiger partial charge < -0.3 is 9.72 Å². The highest BCUT2D eigenvalue weighted by Gasteiger charge is 2.09. The number of aromatic amines is 1. The fraction of sp³-hybridized carbons (Fsp3) is 0.100. The molecule has 3 nitrogen and oxygen atoms in total. The minimum absolute atomic E-state index is 0.0233. The maximum absolute atomic E-state index is 13.5. The molecule has 0 saturated heterocycles. The quantitative estimate of drug-likeness (QED) is 0.813. The molecule has 0 unspecified atom stereocenters. The van der Waals surface area contributed by atoms with Gasteiger partial charge in [0.1, 0.15) is 10.8 Å². The van der Waals surface area contributed by atoms with E-state index in [-0.39, 0.29) is 21.7 Å². The van der Waals surface area contributed by atoms with Gasteiger partial charge in [-0.3, -0.25) is 4.79 Å². The molecule has 2 aromatic rings. The summed E-state index contributed by atoms with van der Waals surface area (Å²) in [7, 11) is 1.40. The average Bonchev–Trinajstić information content (AvgIpc) is 2.23. The zero-order valence-electron chi connectivity index (χ0n) is 7.80. The Labute approximate surface area is 89.4 Å². The Bertz CT molecular complexity index is 579. The first-order chi connectivity index (χ1) is 7.13. The second kappa shape index (κ2) is 3.55. The minimum atomic E-state index is -0.543. The molecule has 0 radical (unpaired) electrons. The second-order valence-electron chi connectivity index (χ2n) is 3.00. The molecule has 5 heteroatoms. The predicted octanol–water partition coefficient (Wildman–Crippen LogP) is 2.33. The monoisotopic (exact) mass is 227 g/mol. The van der Waals surface area contributed by atoms with Gasteiger partial charge in [0.2, 0.25) is 5.43 Å². The predicted molar refractivity (Wildman–Crippen MR) is 56.1 cm³/mol. The fourth-order valence-electron chi connectivity index (χ4n) is 1.36. The van der Waals surface area contributed by atoms with Crippen LogP contribution in [0.25, 0.3) is 10.9 Å². The fourth-order valence-corrected chi connectivity index (χ4v) is 1.51. The van der Waals surface area contributed by atoms with E-state index in [1.165, 1.54) is 25.4 Å². The number of aromatic nitrogens is 1. The number of ether oxygens (including phenoxy) is 1. The molecular weight excluding hydrogens is 221 g/mol. The molecule has 1 heterocycles. The molecule has 0 fully saturated rings. The van der Waals surface area contributed by atoms with Gasteiger partial charge in [-0.05, 0) is 6.07 Å². The summed E-state index contributed by atoms with van der Waals surface area (Å²) in [4.78, 5) is 14.2. The van der Waals surface area contributed by atoms with E-state index in [2.05, 4.69) is 4.98 Å². The lowest BCUT2D eigenvalue weighted by atomic mass is 10.2. The van der Waals surface area contributed by atoms with Crippen LogP contribution in [0.5, 0.6) is 5.75 Å². The van der Waals surface area contributed by atoms with Crippen molar-refractivity contribution < 1.29 is 9.13 Å². The Morgan fingerprint density at radius 1 is 1.47 bits per heavy atom. The van der Waals surface area contributed by atoms with E-state index >= 15 is 0 Å². The molecule has 0 saturated carbocycles. The summed E-state index contributed by atoms with van der Waals surface area (Å²) in [5, 5.41) is 0.203. The number of halogens is 2. The van der Waals surface area contributed by atoms with Crippen molar-refractivity contribution in [2.45, 2.75) is 0 Å². The molecule has 0 aliphatic rings. The van der Waals surface area contributed by atoms with Gasteiger partial charge in [-0.15, -0.1) is 0 Å². The number of benzene rings is 1. The van der Waals surface area contributed by atoms with E-state index in [0.717, 1.165) is 0 Å². The summed E-state index contributed by atoms with van der Waals surface area (Å²) in [6.07, 6.45) is 1.27. The molecule has 0 bridgehead atoms. The zero-order valence-corrected chi connectivity index (χ0v) is 8.56. The molecule has 0 atom stereocenters. The summed E-state index contributed by atoms with van der Waals surface area (Å²) in [5.74, 6) is -0.258. The Morgan fingerprint density at radius 2 is 2.20 bits per heavy atom. The van der Waals surface area contributed by atoms with Crippen molar-refractivity contribution in [2.24, 2.45) is 0 Å². The second-order valence-corrected chi connectivity index (χ2v) is 3.40. The van der Waals surface area contributed by atoms with Crippen molar-refractivity contribution in [3.05, 3.63) is 39.4 Å². The molecule has 1 aromatic heterocycles. The number of H-pyrrole nitrogens is 1. The van der Waals surface area contributed by atoms with Gasteiger partial charge in [-0.2, -0.15) is 0 Å². The van der Waals surface area contributed by atoms with Crippen LogP contribution in [-0.2, 0) is 0 Å². The maximum atomic E-state index is 13.5. The van der Waals surface area contributed by atoms with E-state index in [4.69, 9.17) is 16.3 Å². The maximum Gasteiger partial charge on any atom is 0.208 e. The highest BCUT2D eigenvalue weighted by Crippen LogP contribution is 2.21. The highest BCUT2D eigenvalue weighted by atomic mass is 35.5. The Morgan fingerprint density at radius 3 is 2.87 bits per heavy atom. The zero-order chi connectivity index (χ0) is 11.0. The van der Waals surface area contributed by atoms with Gasteiger partial charge in [-0.1, -0.05) is 11.6 Å². The normalized spacial score (nSPS) is 10.6. The Kier molecular flexibility index (Phi) is 2.36. The lowest BCUT2D eigenvalue weighted by Crippen LogP contribution is -2.04. The van der Waals surface area contributed by atoms with Crippen molar-refractivity contribution in [2.75, 3.05) is 7.11 Å². The highest BCUT2D eigenvalue weighted by molar-refractivity contribution is 6.31. The van der Waals surface area contributed by atoms with Gasteiger partial charge in [-0.25, -0.2) is 4.39 Å². The number of hydrogen-bond acceptors (Lipinski definition) is 2. The third-order valence-corrected chi connectivity index (χ3v) is 2.38. The number of pyridine rings is 1. The number of rotatable bonds is 1.